The molecule has 5 nitrogen and oxygen atoms in total. The van der Waals surface area contributed by atoms with E-state index in [-0.39, 0.29) is 26.8 Å². The van der Waals surface area contributed by atoms with Crippen LogP contribution in [0.2, 0.25) is 0 Å². The van der Waals surface area contributed by atoms with E-state index in [0.29, 0.717) is 17.1 Å². The number of rotatable bonds is 6. The smallest absolute Gasteiger partial charge is 0.217 e. The third-order valence-corrected chi connectivity index (χ3v) is 7.74. The van der Waals surface area contributed by atoms with Crippen molar-refractivity contribution in [3.63, 3.8) is 0 Å². The number of aromatic hydroxyl groups is 1. The van der Waals surface area contributed by atoms with E-state index in [2.05, 4.69) is 73.0 Å². The van der Waals surface area contributed by atoms with Gasteiger partial charge in [0.05, 0.1) is 0 Å². The van der Waals surface area contributed by atoms with Crippen molar-refractivity contribution < 1.29 is 30.9 Å². The van der Waals surface area contributed by atoms with Gasteiger partial charge in [0.15, 0.2) is 0 Å². The molecule has 0 amide bonds. The summed E-state index contributed by atoms with van der Waals surface area (Å²) in [6.45, 7) is 4.36. The van der Waals surface area contributed by atoms with Crippen LogP contribution in [0.1, 0.15) is 25.0 Å². The molecule has 0 radical (unpaired) electrons. The first-order valence-electron chi connectivity index (χ1n) is 13.9. The average molecular weight is 730 g/mol. The Labute approximate surface area is 258 Å². The number of aryl methyl sites for hydroxylation is 1. The van der Waals surface area contributed by atoms with Gasteiger partial charge in [-0.2, -0.15) is 6.07 Å². The van der Waals surface area contributed by atoms with Crippen molar-refractivity contribution in [2.24, 2.45) is 0 Å². The minimum atomic E-state index is 0. The van der Waals surface area contributed by atoms with Crippen LogP contribution in [0.3, 0.4) is 0 Å². The van der Waals surface area contributed by atoms with Crippen molar-refractivity contribution >= 4 is 32.7 Å². The second-order valence-corrected chi connectivity index (χ2v) is 10.1. The Hall–Kier alpha value is -4.47. The van der Waals surface area contributed by atoms with Crippen LogP contribution in [0.5, 0.6) is 17.4 Å². The number of hydrogen-bond acceptors (Lipinski definition) is 4. The van der Waals surface area contributed by atoms with Gasteiger partial charge in [-0.05, 0) is 70.8 Å². The summed E-state index contributed by atoms with van der Waals surface area (Å²) in [7, 11) is 0. The SMILES string of the molecule is CCc1ccnc(-n2c3[c-]c(Oc4ccc5c(-c6ccccc6)ccc(O)c5n4)ccc3c3ccccc32)c1CC.[Pt]. The van der Waals surface area contributed by atoms with Crippen LogP contribution in [0.25, 0.3) is 49.7 Å². The molecule has 4 aromatic carbocycles. The Balaban J connectivity index is 0.00000316. The average Bonchev–Trinajstić information content (AvgIpc) is 3.35. The molecule has 0 spiro atoms. The van der Waals surface area contributed by atoms with Crippen LogP contribution in [-0.2, 0) is 33.9 Å². The van der Waals surface area contributed by atoms with Crippen molar-refractivity contribution in [3.8, 4) is 34.3 Å². The Morgan fingerprint density at radius 3 is 2.38 bits per heavy atom. The van der Waals surface area contributed by atoms with Gasteiger partial charge in [-0.15, -0.1) is 17.5 Å². The van der Waals surface area contributed by atoms with Gasteiger partial charge in [0, 0.05) is 50.0 Å². The molecule has 0 saturated heterocycles. The summed E-state index contributed by atoms with van der Waals surface area (Å²) in [5, 5.41) is 13.7. The third-order valence-electron chi connectivity index (χ3n) is 7.74. The number of pyridine rings is 2. The molecule has 1 N–H and O–H groups in total. The summed E-state index contributed by atoms with van der Waals surface area (Å²) in [5.74, 6) is 1.96. The van der Waals surface area contributed by atoms with E-state index in [1.807, 2.05) is 48.7 Å². The molecule has 6 heteroatoms. The topological polar surface area (TPSA) is 60.2 Å². The molecule has 0 aliphatic carbocycles. The van der Waals surface area contributed by atoms with Crippen molar-refractivity contribution in [3.05, 3.63) is 120 Å². The minimum absolute atomic E-state index is 0. The molecule has 0 aliphatic heterocycles. The molecular formula is C36H28N3O2Pt-. The van der Waals surface area contributed by atoms with Gasteiger partial charge < -0.3 is 14.4 Å². The number of benzene rings is 4. The number of hydrogen-bond donors (Lipinski definition) is 1. The maximum atomic E-state index is 10.7. The summed E-state index contributed by atoms with van der Waals surface area (Å²) < 4.78 is 8.47. The fraction of sp³-hybridized carbons (Fsp3) is 0.111. The van der Waals surface area contributed by atoms with Crippen LogP contribution in [0.4, 0.5) is 0 Å². The van der Waals surface area contributed by atoms with E-state index < -0.39 is 0 Å². The van der Waals surface area contributed by atoms with E-state index in [4.69, 9.17) is 14.7 Å². The number of nitrogens with zero attached hydrogens (tertiary/aromatic N) is 3. The van der Waals surface area contributed by atoms with Crippen LogP contribution in [0.15, 0.2) is 103 Å². The normalized spacial score (nSPS) is 11.2. The first-order valence-corrected chi connectivity index (χ1v) is 13.9. The zero-order chi connectivity index (χ0) is 27.9. The quantitative estimate of drug-likeness (QED) is 0.174. The number of ether oxygens (including phenoxy) is 1. The first-order chi connectivity index (χ1) is 20.2. The van der Waals surface area contributed by atoms with Crippen LogP contribution < -0.4 is 4.74 Å². The predicted molar refractivity (Wildman–Crippen MR) is 165 cm³/mol. The molecule has 7 rings (SSSR count). The van der Waals surface area contributed by atoms with E-state index in [9.17, 15) is 5.11 Å². The summed E-state index contributed by atoms with van der Waals surface area (Å²) in [6.07, 6.45) is 3.72. The molecule has 42 heavy (non-hydrogen) atoms. The number of phenolic OH excluding ortho intramolecular Hbond substituents is 1. The second-order valence-electron chi connectivity index (χ2n) is 10.1. The fourth-order valence-corrected chi connectivity index (χ4v) is 5.81. The van der Waals surface area contributed by atoms with Crippen LogP contribution >= 0.6 is 0 Å². The van der Waals surface area contributed by atoms with E-state index in [1.54, 1.807) is 6.07 Å². The van der Waals surface area contributed by atoms with Gasteiger partial charge in [-0.1, -0.05) is 67.9 Å². The molecule has 0 atom stereocenters. The number of phenols is 1. The number of aromatic nitrogens is 3. The fourth-order valence-electron chi connectivity index (χ4n) is 5.81. The minimum Gasteiger partial charge on any atom is -0.506 e. The maximum Gasteiger partial charge on any atom is 0.217 e. The van der Waals surface area contributed by atoms with Crippen molar-refractivity contribution in [2.75, 3.05) is 0 Å². The Morgan fingerprint density at radius 2 is 1.57 bits per heavy atom. The predicted octanol–water partition coefficient (Wildman–Crippen LogP) is 8.81. The molecule has 7 aromatic rings. The van der Waals surface area contributed by atoms with Gasteiger partial charge in [0.1, 0.15) is 17.1 Å². The Kier molecular flexibility index (Phi) is 7.53. The molecule has 0 saturated carbocycles. The zero-order valence-electron chi connectivity index (χ0n) is 23.2. The molecule has 0 bridgehead atoms. The summed E-state index contributed by atoms with van der Waals surface area (Å²) in [6, 6.07) is 35.5. The Bertz CT molecular complexity index is 2070. The number of para-hydroxylation sites is 1. The number of fused-ring (bicyclic) bond motifs is 4. The van der Waals surface area contributed by atoms with Crippen LogP contribution in [-0.4, -0.2) is 19.6 Å². The zero-order valence-corrected chi connectivity index (χ0v) is 25.5. The third kappa shape index (κ3) is 4.64. The first kappa shape index (κ1) is 27.7. The van der Waals surface area contributed by atoms with Crippen molar-refractivity contribution in [2.45, 2.75) is 26.7 Å². The van der Waals surface area contributed by atoms with Gasteiger partial charge in [-0.3, -0.25) is 0 Å². The van der Waals surface area contributed by atoms with E-state index in [0.717, 1.165) is 57.0 Å². The van der Waals surface area contributed by atoms with Gasteiger partial charge in [0.2, 0.25) is 5.88 Å². The second kappa shape index (κ2) is 11.4. The van der Waals surface area contributed by atoms with E-state index in [1.165, 1.54) is 11.1 Å². The standard InChI is InChI=1S/C36H28N3O2.Pt/c1-3-23-20-21-37-36(26(23)4-2)39-31-13-9-8-12-28(31)29-15-14-25(22-32(29)39)41-34-19-17-30-27(24-10-6-5-7-11-24)16-18-33(40)35(30)38-34;/h5-21,40H,3-4H2,1-2H3;/q-1;. The van der Waals surface area contributed by atoms with Crippen molar-refractivity contribution in [1.82, 2.24) is 14.5 Å². The van der Waals surface area contributed by atoms with Gasteiger partial charge in [0.25, 0.3) is 0 Å². The van der Waals surface area contributed by atoms with Crippen LogP contribution in [0, 0.1) is 6.07 Å². The Morgan fingerprint density at radius 1 is 0.786 bits per heavy atom. The molecule has 0 unspecified atom stereocenters. The molecule has 0 fully saturated rings. The monoisotopic (exact) mass is 729 g/mol. The maximum absolute atomic E-state index is 10.7. The molecule has 210 valence electrons. The summed E-state index contributed by atoms with van der Waals surface area (Å²) in [5.41, 5.74) is 7.06. The van der Waals surface area contributed by atoms with Gasteiger partial charge >= 0.3 is 0 Å². The van der Waals surface area contributed by atoms with Crippen molar-refractivity contribution in [1.29, 1.82) is 0 Å². The molecule has 0 aliphatic rings. The van der Waals surface area contributed by atoms with Gasteiger partial charge in [-0.25, -0.2) is 9.97 Å². The molecular weight excluding hydrogens is 701 g/mol. The molecule has 3 heterocycles. The summed E-state index contributed by atoms with van der Waals surface area (Å²) in [4.78, 5) is 9.55. The largest absolute Gasteiger partial charge is 0.506 e. The molecule has 3 aromatic heterocycles. The van der Waals surface area contributed by atoms with E-state index >= 15 is 0 Å². The summed E-state index contributed by atoms with van der Waals surface area (Å²) >= 11 is 0.